The minimum Gasteiger partial charge on any atom is -0.721 e. The van der Waals surface area contributed by atoms with Crippen LogP contribution in [0.3, 0.4) is 0 Å². The van der Waals surface area contributed by atoms with Crippen molar-refractivity contribution >= 4 is 124 Å². The largest absolute Gasteiger partial charge is 0.721 e. The number of esters is 3. The van der Waals surface area contributed by atoms with Crippen LogP contribution >= 0.6 is 0 Å². The summed E-state index contributed by atoms with van der Waals surface area (Å²) < 4.78 is 35.0. The number of amides is 6. The summed E-state index contributed by atoms with van der Waals surface area (Å²) in [6.45, 7) is 47.2. The number of carbonyl (C=O) groups excluding carboxylic acids is 13. The van der Waals surface area contributed by atoms with Crippen molar-refractivity contribution < 1.29 is 110 Å². The summed E-state index contributed by atoms with van der Waals surface area (Å²) in [7, 11) is 7.59. The summed E-state index contributed by atoms with van der Waals surface area (Å²) in [5, 5.41) is 39.1. The zero-order valence-electron chi connectivity index (χ0n) is 84.9. The highest BCUT2D eigenvalue weighted by Gasteiger charge is 2.30. The van der Waals surface area contributed by atoms with Gasteiger partial charge in [0.05, 0.1) is 52.4 Å². The van der Waals surface area contributed by atoms with E-state index in [4.69, 9.17) is 50.7 Å². The van der Waals surface area contributed by atoms with Crippen LogP contribution in [-0.4, -0.2) is 254 Å². The normalized spacial score (nSPS) is 12.5. The summed E-state index contributed by atoms with van der Waals surface area (Å²) in [5.41, 5.74) is 13.2. The van der Waals surface area contributed by atoms with Crippen molar-refractivity contribution in [2.45, 2.75) is 385 Å². The maximum atomic E-state index is 12.3. The number of rotatable bonds is 41. The predicted molar refractivity (Wildman–Crippen MR) is 509 cm³/mol. The Bertz CT molecular complexity index is 3860. The lowest BCUT2D eigenvalue weighted by molar-refractivity contribution is -0.647. The highest BCUT2D eigenvalue weighted by atomic mass is 16.6. The van der Waals surface area contributed by atoms with E-state index in [-0.39, 0.29) is 103 Å². The van der Waals surface area contributed by atoms with Gasteiger partial charge in [-0.3, -0.25) is 98.1 Å². The summed E-state index contributed by atoms with van der Waals surface area (Å²) >= 11 is 0. The van der Waals surface area contributed by atoms with Crippen LogP contribution < -0.4 is 53.9 Å². The Hall–Kier alpha value is -11.2. The number of carboxylic acids is 1. The van der Waals surface area contributed by atoms with E-state index >= 15 is 0 Å². The van der Waals surface area contributed by atoms with Gasteiger partial charge in [0, 0.05) is 82.8 Å². The van der Waals surface area contributed by atoms with Gasteiger partial charge in [-0.05, 0) is 214 Å². The van der Waals surface area contributed by atoms with E-state index in [0.717, 1.165) is 18.8 Å². The Morgan fingerprint density at radius 2 is 0.742 bits per heavy atom. The Kier molecular flexibility index (Phi) is 63.8. The Morgan fingerprint density at radius 1 is 0.462 bits per heavy atom. The zero-order chi connectivity index (χ0) is 103. The van der Waals surface area contributed by atoms with Gasteiger partial charge in [0.2, 0.25) is 23.2 Å². The van der Waals surface area contributed by atoms with Crippen molar-refractivity contribution in [1.82, 2.24) is 51.7 Å². The quantitative estimate of drug-likeness (QED) is 0.00562. The first-order chi connectivity index (χ1) is 60.9. The molecule has 0 unspecified atom stereocenters. The molecule has 0 radical (unpaired) electrons. The second-order valence-corrected chi connectivity index (χ2v) is 36.8. The molecule has 2 rings (SSSR count). The van der Waals surface area contributed by atoms with E-state index in [2.05, 4.69) is 62.1 Å². The number of ether oxygens (including phenoxy) is 6. The molecule has 13 N–H and O–H groups in total. The average molecular weight is 1880 g/mol. The van der Waals surface area contributed by atoms with Crippen LogP contribution in [-0.2, 0) is 81.2 Å². The number of nitrogens with zero attached hydrogens (tertiary/aromatic N) is 10. The maximum absolute atomic E-state index is 12.3. The first-order valence-corrected chi connectivity index (χ1v) is 45.3. The van der Waals surface area contributed by atoms with Crippen molar-refractivity contribution in [2.75, 3.05) is 54.4 Å². The molecule has 0 spiro atoms. The number of guanidine groups is 1. The molecule has 754 valence electrons. The number of hydrogen-bond acceptors (Lipinski definition) is 28. The Labute approximate surface area is 782 Å². The summed E-state index contributed by atoms with van der Waals surface area (Å²) in [6.07, 6.45) is 8.81. The Morgan fingerprint density at radius 3 is 0.992 bits per heavy atom. The summed E-state index contributed by atoms with van der Waals surface area (Å²) in [6, 6.07) is 1.55. The number of carboxylic acid groups (broad SMARTS) is 1. The van der Waals surface area contributed by atoms with Crippen molar-refractivity contribution in [1.29, 1.82) is 0 Å². The number of alkyl carbamates (subject to hydrolysis) is 3. The molecule has 2 heterocycles. The van der Waals surface area contributed by atoms with Crippen molar-refractivity contribution in [2.24, 2.45) is 37.2 Å². The van der Waals surface area contributed by atoms with Gasteiger partial charge in [0.15, 0.2) is 23.3 Å². The molecule has 0 bridgehead atoms. The number of aliphatic imine (C=N–C) groups is 4. The third-order valence-corrected chi connectivity index (χ3v) is 16.1. The van der Waals surface area contributed by atoms with Gasteiger partial charge >= 0.3 is 53.8 Å². The number of amidine groups is 3. The minimum absolute atomic E-state index is 0.0147. The zero-order valence-corrected chi connectivity index (χ0v) is 84.9. The van der Waals surface area contributed by atoms with Crippen LogP contribution in [0.5, 0.6) is 0 Å². The molecule has 0 aliphatic rings. The van der Waals surface area contributed by atoms with Gasteiger partial charge in [-0.15, -0.1) is 9.83 Å². The van der Waals surface area contributed by atoms with E-state index in [1.165, 1.54) is 0 Å². The minimum atomic E-state index is -0.745. The van der Waals surface area contributed by atoms with Crippen LogP contribution in [0.1, 0.15) is 328 Å². The second-order valence-electron chi connectivity index (χ2n) is 36.8. The molecular weight excluding hydrogens is 1710 g/mol. The van der Waals surface area contributed by atoms with Crippen LogP contribution in [0.4, 0.5) is 14.4 Å². The molecule has 0 aliphatic carbocycles. The number of nitrogens with one attached hydrogen (secondary N) is 6. The number of carbonyl (C=O) groups is 14. The predicted octanol–water partition coefficient (Wildman–Crippen LogP) is 10.4. The summed E-state index contributed by atoms with van der Waals surface area (Å²) in [4.78, 5) is 188. The topological polar surface area (TPSA) is 578 Å². The van der Waals surface area contributed by atoms with Gasteiger partial charge in [0.25, 0.3) is 0 Å². The fourth-order valence-electron chi connectivity index (χ4n) is 10.8. The number of pyridine rings is 1. The molecule has 0 fully saturated rings. The van der Waals surface area contributed by atoms with E-state index in [1.54, 1.807) is 169 Å². The number of aromatic nitrogens is 4. The molecule has 41 heteroatoms. The number of fused-ring (bicyclic) bond motifs is 1. The number of nitrogens with two attached hydrogens (primary N) is 3. The lowest BCUT2D eigenvalue weighted by atomic mass is 10.0. The third kappa shape index (κ3) is 69.7. The van der Waals surface area contributed by atoms with Crippen molar-refractivity contribution in [3.05, 3.63) is 23.5 Å². The molecule has 6 amide bonds. The SMILES string of the molecule is CCC(=O)O.CCCC(=O)[C@@H](N)CCCN=C(CC(=O)OC(C)(C)C)NC(=O)OC(C)(C)C.CCCC(=O)[C@H](CCCN=C(CC(=O)OC(C)(C)C)NC(=O)OC(C)(C)C)NC(=O)CC.CCCC(=O)[C@H](CCCN=C(CC(=O)OC(C)(C)C)NC(=O)OC(C)(C)C)NC(=O)CC.CCCC(=O)[C@H](CCCN=C(N)N)NC(=O)CC.CN(C)C(n1n[n+]([O-])c2ncccc21)=[N+](C)C. The van der Waals surface area contributed by atoms with Crippen LogP contribution in [0.25, 0.3) is 11.2 Å². The van der Waals surface area contributed by atoms with Gasteiger partial charge in [-0.2, -0.15) is 0 Å². The number of aliphatic carboxylic acids is 1. The van der Waals surface area contributed by atoms with Gasteiger partial charge in [-0.1, -0.05) is 60.1 Å². The number of Topliss-reactive ketones (excluding diaryl/α,β-unsaturated/α-hetero) is 4. The first kappa shape index (κ1) is 127. The molecule has 41 nitrogen and oxygen atoms in total. The van der Waals surface area contributed by atoms with Gasteiger partial charge < -0.3 is 71.9 Å². The van der Waals surface area contributed by atoms with Gasteiger partial charge in [0.1, 0.15) is 82.4 Å². The molecule has 0 aliphatic heterocycles. The first-order valence-electron chi connectivity index (χ1n) is 45.3. The fourth-order valence-corrected chi connectivity index (χ4v) is 10.8. The number of hydrogen-bond donors (Lipinski definition) is 10. The van der Waals surface area contributed by atoms with E-state index in [1.807, 2.05) is 71.4 Å². The monoisotopic (exact) mass is 1880 g/mol. The van der Waals surface area contributed by atoms with Gasteiger partial charge in [-0.25, -0.2) is 14.4 Å². The maximum Gasteiger partial charge on any atom is 0.413 e. The standard InChI is InChI=1S/2C23H41N3O6.C20H37N3O5.C12H24N4O2.C10H15N6O.C3H6O2/c2*1-9-12-17(27)16(25-19(28)10-2)13-11-14-24-18(15-20(29)31-22(3,4)5)26-21(30)32-23(6,7)8;1-8-10-15(24)14(21)11-9-12-22-16(13-17(25)27-19(2,3)4)23-18(26)28-20(5,6)7;1-3-6-10(17)9(16-11(18)4-2)7-5-8-15-12(13)14;1-13(2)10(14(3)4)15-8-6-5-7-11-9(8)16(17)12-15;1-2-3(4)5/h2*16H,9-15H2,1-8H3,(H,25,28)(H,24,26,30);14H,8-13,21H2,1-7H3,(H,22,23,26);9H,3-8H2,1-2H3,(H,16,18)(H4,13,14,15);5-7H,1-4H3;2H2,1H3,(H,4,5)/q;;;;+1;/t2*16-;14-;9-;;/m0000../s1. The third-order valence-electron chi connectivity index (χ3n) is 16.1. The molecule has 0 aromatic carbocycles. The molecular formula is C91H164N19O22+. The molecule has 2 aromatic heterocycles. The van der Waals surface area contributed by atoms with Crippen LogP contribution in [0, 0.1) is 5.21 Å². The summed E-state index contributed by atoms with van der Waals surface area (Å²) in [5.74, 6) is -1.44. The average Bonchev–Trinajstić information content (AvgIpc) is 1.64. The number of ketones is 4. The molecule has 0 saturated carbocycles. The molecule has 132 heavy (non-hydrogen) atoms. The molecule has 4 atom stereocenters. The smallest absolute Gasteiger partial charge is 0.413 e. The second kappa shape index (κ2) is 66.2. The van der Waals surface area contributed by atoms with E-state index < -0.39 is 99.9 Å². The lowest BCUT2D eigenvalue weighted by Gasteiger charge is -2.22. The highest BCUT2D eigenvalue weighted by Crippen LogP contribution is 2.17. The van der Waals surface area contributed by atoms with Crippen molar-refractivity contribution in [3.63, 3.8) is 0 Å². The highest BCUT2D eigenvalue weighted by molar-refractivity contribution is 6.06. The Balaban J connectivity index is -0.000000779. The van der Waals surface area contributed by atoms with E-state index in [0.29, 0.717) is 138 Å². The molecule has 2 aromatic rings. The van der Waals surface area contributed by atoms with Crippen LogP contribution in [0.2, 0.25) is 0 Å². The van der Waals surface area contributed by atoms with Crippen molar-refractivity contribution in [3.8, 4) is 0 Å². The molecule has 0 saturated heterocycles. The van der Waals surface area contributed by atoms with Crippen LogP contribution in [0.15, 0.2) is 38.3 Å². The fraction of sp³-hybridized carbons (Fsp3) is 0.736. The van der Waals surface area contributed by atoms with E-state index in [9.17, 15) is 72.3 Å². The lowest BCUT2D eigenvalue weighted by Crippen LogP contribution is -2.40.